The Morgan fingerprint density at radius 2 is 2.05 bits per heavy atom. The van der Waals surface area contributed by atoms with Crippen LogP contribution in [0.25, 0.3) is 0 Å². The third-order valence-electron chi connectivity index (χ3n) is 4.09. The molecule has 1 aliphatic heterocycles. The SMILES string of the molecule is Cc1ccc(S(=O)(=O)N(C)CCC(C)C)c2c1NCCC2. The van der Waals surface area contributed by atoms with Crippen LogP contribution in [0.3, 0.4) is 0 Å². The minimum Gasteiger partial charge on any atom is -0.385 e. The number of anilines is 1. The van der Waals surface area contributed by atoms with Crippen molar-refractivity contribution in [2.75, 3.05) is 25.5 Å². The van der Waals surface area contributed by atoms with Crippen molar-refractivity contribution in [2.45, 2.75) is 44.9 Å². The van der Waals surface area contributed by atoms with Gasteiger partial charge < -0.3 is 5.32 Å². The van der Waals surface area contributed by atoms with Crippen molar-refractivity contribution in [3.05, 3.63) is 23.3 Å². The summed E-state index contributed by atoms with van der Waals surface area (Å²) in [5.41, 5.74) is 3.09. The van der Waals surface area contributed by atoms with Gasteiger partial charge in [-0.05, 0) is 49.3 Å². The second-order valence-corrected chi connectivity index (χ2v) is 8.29. The largest absolute Gasteiger partial charge is 0.385 e. The lowest BCUT2D eigenvalue weighted by Crippen LogP contribution is -2.30. The molecule has 118 valence electrons. The molecule has 0 unspecified atom stereocenters. The number of nitrogens with one attached hydrogen (secondary N) is 1. The summed E-state index contributed by atoms with van der Waals surface area (Å²) in [5, 5.41) is 3.35. The lowest BCUT2D eigenvalue weighted by Gasteiger charge is -2.25. The average molecular weight is 310 g/mol. The lowest BCUT2D eigenvalue weighted by atomic mass is 10.00. The van der Waals surface area contributed by atoms with Crippen LogP contribution in [0.5, 0.6) is 0 Å². The van der Waals surface area contributed by atoms with E-state index in [2.05, 4.69) is 19.2 Å². The van der Waals surface area contributed by atoms with E-state index in [1.54, 1.807) is 13.1 Å². The van der Waals surface area contributed by atoms with Gasteiger partial charge in [0, 0.05) is 25.8 Å². The Labute approximate surface area is 128 Å². The average Bonchev–Trinajstić information content (AvgIpc) is 2.45. The molecule has 1 heterocycles. The highest BCUT2D eigenvalue weighted by Gasteiger charge is 2.27. The van der Waals surface area contributed by atoms with Gasteiger partial charge in [-0.25, -0.2) is 12.7 Å². The Morgan fingerprint density at radius 1 is 1.33 bits per heavy atom. The smallest absolute Gasteiger partial charge is 0.243 e. The molecule has 0 radical (unpaired) electrons. The summed E-state index contributed by atoms with van der Waals surface area (Å²) >= 11 is 0. The molecule has 0 aliphatic carbocycles. The Morgan fingerprint density at radius 3 is 2.71 bits per heavy atom. The number of rotatable bonds is 5. The second-order valence-electron chi connectivity index (χ2n) is 6.27. The predicted molar refractivity (Wildman–Crippen MR) is 87.3 cm³/mol. The lowest BCUT2D eigenvalue weighted by molar-refractivity contribution is 0.427. The molecule has 0 bridgehead atoms. The van der Waals surface area contributed by atoms with Crippen molar-refractivity contribution in [2.24, 2.45) is 5.92 Å². The summed E-state index contributed by atoms with van der Waals surface area (Å²) in [6, 6.07) is 3.67. The van der Waals surface area contributed by atoms with Gasteiger partial charge in [0.15, 0.2) is 0 Å². The third kappa shape index (κ3) is 3.40. The van der Waals surface area contributed by atoms with Crippen molar-refractivity contribution in [1.29, 1.82) is 0 Å². The maximum atomic E-state index is 12.8. The quantitative estimate of drug-likeness (QED) is 0.909. The van der Waals surface area contributed by atoms with Crippen LogP contribution in [0.2, 0.25) is 0 Å². The van der Waals surface area contributed by atoms with Crippen LogP contribution in [0.1, 0.15) is 37.8 Å². The maximum Gasteiger partial charge on any atom is 0.243 e. The second kappa shape index (κ2) is 6.36. The monoisotopic (exact) mass is 310 g/mol. The number of hydrogen-bond acceptors (Lipinski definition) is 3. The molecule has 1 aliphatic rings. The first kappa shape index (κ1) is 16.3. The number of hydrogen-bond donors (Lipinski definition) is 1. The molecule has 0 fully saturated rings. The van der Waals surface area contributed by atoms with Gasteiger partial charge in [-0.15, -0.1) is 0 Å². The molecule has 0 saturated carbocycles. The zero-order valence-electron chi connectivity index (χ0n) is 13.4. The summed E-state index contributed by atoms with van der Waals surface area (Å²) < 4.78 is 27.1. The number of benzene rings is 1. The molecule has 0 spiro atoms. The van der Waals surface area contributed by atoms with Gasteiger partial charge in [-0.1, -0.05) is 19.9 Å². The molecule has 1 aromatic carbocycles. The van der Waals surface area contributed by atoms with Crippen LogP contribution in [0.4, 0.5) is 5.69 Å². The van der Waals surface area contributed by atoms with Crippen LogP contribution in [0.15, 0.2) is 17.0 Å². The first-order valence-corrected chi connectivity index (χ1v) is 9.10. The fourth-order valence-corrected chi connectivity index (χ4v) is 4.13. The summed E-state index contributed by atoms with van der Waals surface area (Å²) in [6.07, 6.45) is 2.69. The molecule has 0 aromatic heterocycles. The summed E-state index contributed by atoms with van der Waals surface area (Å²) in [5.74, 6) is 0.497. The van der Waals surface area contributed by atoms with Crippen LogP contribution >= 0.6 is 0 Å². The highest BCUT2D eigenvalue weighted by Crippen LogP contribution is 2.32. The zero-order chi connectivity index (χ0) is 15.6. The highest BCUT2D eigenvalue weighted by molar-refractivity contribution is 7.89. The Bertz CT molecular complexity index is 609. The van der Waals surface area contributed by atoms with Gasteiger partial charge in [0.25, 0.3) is 0 Å². The van der Waals surface area contributed by atoms with Crippen molar-refractivity contribution in [3.8, 4) is 0 Å². The molecule has 2 rings (SSSR count). The first-order chi connectivity index (χ1) is 9.84. The number of fused-ring (bicyclic) bond motifs is 1. The Balaban J connectivity index is 2.36. The Kier molecular flexibility index (Phi) is 4.94. The molecule has 0 amide bonds. The molecule has 5 heteroatoms. The van der Waals surface area contributed by atoms with Gasteiger partial charge in [0.2, 0.25) is 10.0 Å². The standard InChI is InChI=1S/C16H26N2O2S/c1-12(2)9-11-18(4)21(19,20)15-8-7-13(3)16-14(15)6-5-10-17-16/h7-8,12,17H,5-6,9-11H2,1-4H3. The third-order valence-corrected chi connectivity index (χ3v) is 6.03. The van der Waals surface area contributed by atoms with E-state index in [0.29, 0.717) is 17.4 Å². The van der Waals surface area contributed by atoms with Gasteiger partial charge >= 0.3 is 0 Å². The van der Waals surface area contributed by atoms with E-state index in [9.17, 15) is 8.42 Å². The van der Waals surface area contributed by atoms with Gasteiger partial charge in [-0.2, -0.15) is 0 Å². The highest BCUT2D eigenvalue weighted by atomic mass is 32.2. The van der Waals surface area contributed by atoms with Crippen molar-refractivity contribution >= 4 is 15.7 Å². The van der Waals surface area contributed by atoms with E-state index in [1.165, 1.54) is 4.31 Å². The maximum absolute atomic E-state index is 12.8. The van der Waals surface area contributed by atoms with Crippen LogP contribution in [-0.4, -0.2) is 32.9 Å². The molecule has 21 heavy (non-hydrogen) atoms. The predicted octanol–water partition coefficient (Wildman–Crippen LogP) is 3.02. The van der Waals surface area contributed by atoms with E-state index < -0.39 is 10.0 Å². The first-order valence-electron chi connectivity index (χ1n) is 7.66. The number of sulfonamides is 1. The fourth-order valence-electron chi connectivity index (χ4n) is 2.69. The molecular formula is C16H26N2O2S. The minimum atomic E-state index is -3.40. The molecule has 4 nitrogen and oxygen atoms in total. The molecule has 1 N–H and O–H groups in total. The molecular weight excluding hydrogens is 284 g/mol. The van der Waals surface area contributed by atoms with Crippen molar-refractivity contribution < 1.29 is 8.42 Å². The summed E-state index contributed by atoms with van der Waals surface area (Å²) in [7, 11) is -1.72. The molecule has 1 aromatic rings. The van der Waals surface area contributed by atoms with Gasteiger partial charge in [-0.3, -0.25) is 0 Å². The van der Waals surface area contributed by atoms with E-state index in [1.807, 2.05) is 13.0 Å². The van der Waals surface area contributed by atoms with Crippen LogP contribution in [0, 0.1) is 12.8 Å². The Hall–Kier alpha value is -1.07. The van der Waals surface area contributed by atoms with Gasteiger partial charge in [0.1, 0.15) is 0 Å². The molecule has 0 atom stereocenters. The minimum absolute atomic E-state index is 0.474. The van der Waals surface area contributed by atoms with E-state index >= 15 is 0 Å². The molecule has 0 saturated heterocycles. The van der Waals surface area contributed by atoms with E-state index in [4.69, 9.17) is 0 Å². The number of aryl methyl sites for hydroxylation is 1. The van der Waals surface area contributed by atoms with Crippen molar-refractivity contribution in [1.82, 2.24) is 4.31 Å². The van der Waals surface area contributed by atoms with Gasteiger partial charge in [0.05, 0.1) is 4.90 Å². The summed E-state index contributed by atoms with van der Waals surface area (Å²) in [4.78, 5) is 0.474. The van der Waals surface area contributed by atoms with Crippen LogP contribution < -0.4 is 5.32 Å². The normalized spacial score (nSPS) is 15.1. The topological polar surface area (TPSA) is 49.4 Å². The zero-order valence-corrected chi connectivity index (χ0v) is 14.3. The van der Waals surface area contributed by atoms with E-state index in [-0.39, 0.29) is 0 Å². The van der Waals surface area contributed by atoms with Crippen LogP contribution in [-0.2, 0) is 16.4 Å². The van der Waals surface area contributed by atoms with Crippen molar-refractivity contribution in [3.63, 3.8) is 0 Å². The fraction of sp³-hybridized carbons (Fsp3) is 0.625. The number of nitrogens with zero attached hydrogens (tertiary/aromatic N) is 1. The van der Waals surface area contributed by atoms with E-state index in [0.717, 1.165) is 42.6 Å². The summed E-state index contributed by atoms with van der Waals surface area (Å²) in [6.45, 7) is 7.73.